The molecule has 1 aliphatic rings. The van der Waals surface area contributed by atoms with Crippen LogP contribution in [-0.4, -0.2) is 27.5 Å². The van der Waals surface area contributed by atoms with Gasteiger partial charge in [-0.1, -0.05) is 18.5 Å². The van der Waals surface area contributed by atoms with Gasteiger partial charge in [-0.25, -0.2) is 13.1 Å². The molecule has 1 aromatic rings. The highest BCUT2D eigenvalue weighted by Gasteiger charge is 2.27. The van der Waals surface area contributed by atoms with E-state index < -0.39 is 10.0 Å². The molecule has 0 amide bonds. The van der Waals surface area contributed by atoms with Gasteiger partial charge >= 0.3 is 0 Å². The Morgan fingerprint density at radius 1 is 1.47 bits per heavy atom. The van der Waals surface area contributed by atoms with Gasteiger partial charge in [0.05, 0.1) is 4.90 Å². The fraction of sp³-hybridized carbons (Fsp3) is 0.500. The van der Waals surface area contributed by atoms with Crippen LogP contribution in [0, 0.1) is 5.92 Å². The van der Waals surface area contributed by atoms with E-state index in [1.54, 1.807) is 12.1 Å². The average molecular weight is 368 g/mol. The van der Waals surface area contributed by atoms with Crippen LogP contribution in [0.15, 0.2) is 27.6 Å². The molecule has 1 saturated heterocycles. The van der Waals surface area contributed by atoms with E-state index in [2.05, 4.69) is 26.0 Å². The lowest BCUT2D eigenvalue weighted by Crippen LogP contribution is -2.48. The third-order valence-electron chi connectivity index (χ3n) is 3.28. The van der Waals surface area contributed by atoms with Gasteiger partial charge in [-0.2, -0.15) is 0 Å². The Morgan fingerprint density at radius 3 is 2.84 bits per heavy atom. The molecule has 2 N–H and O–H groups in total. The molecule has 4 nitrogen and oxygen atoms in total. The number of halogens is 2. The van der Waals surface area contributed by atoms with Crippen LogP contribution in [0.1, 0.15) is 13.3 Å². The van der Waals surface area contributed by atoms with E-state index in [0.717, 1.165) is 19.5 Å². The van der Waals surface area contributed by atoms with Crippen molar-refractivity contribution in [3.63, 3.8) is 0 Å². The monoisotopic (exact) mass is 366 g/mol. The maximum Gasteiger partial charge on any atom is 0.241 e. The van der Waals surface area contributed by atoms with Crippen LogP contribution in [0.2, 0.25) is 5.02 Å². The Balaban J connectivity index is 2.22. The van der Waals surface area contributed by atoms with Crippen molar-refractivity contribution in [1.82, 2.24) is 10.0 Å². The summed E-state index contributed by atoms with van der Waals surface area (Å²) in [6.07, 6.45) is 0.797. The highest BCUT2D eigenvalue weighted by atomic mass is 79.9. The molecule has 1 heterocycles. The fourth-order valence-corrected chi connectivity index (χ4v) is 4.91. The van der Waals surface area contributed by atoms with Crippen LogP contribution in [0.25, 0.3) is 0 Å². The van der Waals surface area contributed by atoms with E-state index in [-0.39, 0.29) is 16.9 Å². The molecule has 0 radical (unpaired) electrons. The summed E-state index contributed by atoms with van der Waals surface area (Å²) >= 11 is 9.08. The van der Waals surface area contributed by atoms with Crippen LogP contribution in [-0.2, 0) is 10.0 Å². The highest BCUT2D eigenvalue weighted by Crippen LogP contribution is 2.26. The lowest BCUT2D eigenvalue weighted by Gasteiger charge is -2.30. The minimum Gasteiger partial charge on any atom is -0.316 e. The van der Waals surface area contributed by atoms with Gasteiger partial charge in [0.15, 0.2) is 0 Å². The first-order valence-electron chi connectivity index (χ1n) is 6.08. The van der Waals surface area contributed by atoms with Gasteiger partial charge in [-0.3, -0.25) is 0 Å². The first-order valence-corrected chi connectivity index (χ1v) is 8.73. The van der Waals surface area contributed by atoms with Gasteiger partial charge in [-0.05, 0) is 59.6 Å². The zero-order valence-corrected chi connectivity index (χ0v) is 13.6. The Morgan fingerprint density at radius 2 is 2.21 bits per heavy atom. The Bertz CT molecular complexity index is 565. The van der Waals surface area contributed by atoms with Crippen LogP contribution < -0.4 is 10.0 Å². The maximum atomic E-state index is 12.4. The van der Waals surface area contributed by atoms with Gasteiger partial charge in [0.1, 0.15) is 0 Å². The largest absolute Gasteiger partial charge is 0.316 e. The number of benzene rings is 1. The Hall–Kier alpha value is -0.140. The van der Waals surface area contributed by atoms with Crippen molar-refractivity contribution in [2.24, 2.45) is 5.92 Å². The molecule has 19 heavy (non-hydrogen) atoms. The molecule has 0 saturated carbocycles. The number of sulfonamides is 1. The Labute approximate surface area is 127 Å². The quantitative estimate of drug-likeness (QED) is 0.862. The predicted octanol–water partition coefficient (Wildman–Crippen LogP) is 2.38. The zero-order chi connectivity index (χ0) is 14.0. The first-order chi connectivity index (χ1) is 8.90. The van der Waals surface area contributed by atoms with Crippen LogP contribution >= 0.6 is 27.5 Å². The van der Waals surface area contributed by atoms with Crippen LogP contribution in [0.5, 0.6) is 0 Å². The molecule has 106 valence electrons. The smallest absolute Gasteiger partial charge is 0.241 e. The number of piperidine rings is 1. The van der Waals surface area contributed by atoms with Crippen molar-refractivity contribution >= 4 is 37.6 Å². The van der Waals surface area contributed by atoms with E-state index in [1.807, 2.05) is 6.92 Å². The fourth-order valence-electron chi connectivity index (χ4n) is 2.15. The second-order valence-corrected chi connectivity index (χ2v) is 7.75. The summed E-state index contributed by atoms with van der Waals surface area (Å²) in [5.41, 5.74) is 0. The van der Waals surface area contributed by atoms with Gasteiger partial charge in [0.25, 0.3) is 0 Å². The van der Waals surface area contributed by atoms with E-state index in [0.29, 0.717) is 9.50 Å². The number of nitrogens with one attached hydrogen (secondary N) is 2. The van der Waals surface area contributed by atoms with E-state index in [4.69, 9.17) is 11.6 Å². The summed E-state index contributed by atoms with van der Waals surface area (Å²) in [5.74, 6) is 0.273. The molecule has 7 heteroatoms. The molecule has 2 unspecified atom stereocenters. The molecule has 2 atom stereocenters. The average Bonchev–Trinajstić information content (AvgIpc) is 2.31. The summed E-state index contributed by atoms with van der Waals surface area (Å²) in [7, 11) is -3.52. The molecule has 1 aromatic carbocycles. The third-order valence-corrected chi connectivity index (χ3v) is 5.98. The molecule has 2 rings (SSSR count). The molecule has 0 aromatic heterocycles. The van der Waals surface area contributed by atoms with Crippen molar-refractivity contribution in [1.29, 1.82) is 0 Å². The lowest BCUT2D eigenvalue weighted by molar-refractivity contribution is 0.328. The second-order valence-electron chi connectivity index (χ2n) is 4.77. The molecular formula is C12H16BrClN2O2S. The zero-order valence-electron chi connectivity index (χ0n) is 10.5. The van der Waals surface area contributed by atoms with Crippen LogP contribution in [0.3, 0.4) is 0 Å². The minimum atomic E-state index is -3.52. The van der Waals surface area contributed by atoms with Crippen molar-refractivity contribution < 1.29 is 8.42 Å². The normalized spacial score (nSPS) is 24.4. The maximum absolute atomic E-state index is 12.4. The van der Waals surface area contributed by atoms with Crippen molar-refractivity contribution in [3.8, 4) is 0 Å². The minimum absolute atomic E-state index is 0.0335. The molecular weight excluding hydrogens is 352 g/mol. The van der Waals surface area contributed by atoms with Gasteiger partial charge in [-0.15, -0.1) is 0 Å². The molecule has 0 bridgehead atoms. The van der Waals surface area contributed by atoms with E-state index in [1.165, 1.54) is 6.07 Å². The van der Waals surface area contributed by atoms with Crippen molar-refractivity contribution in [2.45, 2.75) is 24.3 Å². The highest BCUT2D eigenvalue weighted by molar-refractivity contribution is 9.10. The molecule has 0 aliphatic carbocycles. The summed E-state index contributed by atoms with van der Waals surface area (Å²) in [6.45, 7) is 3.70. The van der Waals surface area contributed by atoms with Crippen molar-refractivity contribution in [3.05, 3.63) is 27.7 Å². The Kier molecular flexibility index (Phi) is 4.89. The SMILES string of the molecule is CC1CNCCC1NS(=O)(=O)c1ccc(Cl)cc1Br. The van der Waals surface area contributed by atoms with E-state index >= 15 is 0 Å². The van der Waals surface area contributed by atoms with Gasteiger partial charge < -0.3 is 5.32 Å². The molecule has 0 spiro atoms. The predicted molar refractivity (Wildman–Crippen MR) is 79.9 cm³/mol. The summed E-state index contributed by atoms with van der Waals surface area (Å²) in [4.78, 5) is 0.225. The number of hydrogen-bond donors (Lipinski definition) is 2. The third kappa shape index (κ3) is 3.70. The van der Waals surface area contributed by atoms with Gasteiger partial charge in [0.2, 0.25) is 10.0 Å². The summed E-state index contributed by atoms with van der Waals surface area (Å²) in [6, 6.07) is 4.64. The van der Waals surface area contributed by atoms with E-state index in [9.17, 15) is 8.42 Å². The molecule has 1 aliphatic heterocycles. The topological polar surface area (TPSA) is 58.2 Å². The first kappa shape index (κ1) is 15.3. The summed E-state index contributed by atoms with van der Waals surface area (Å²) in [5, 5.41) is 3.75. The molecule has 1 fully saturated rings. The summed E-state index contributed by atoms with van der Waals surface area (Å²) < 4.78 is 28.0. The standard InChI is InChI=1S/C12H16BrClN2O2S/c1-8-7-15-5-4-11(8)16-19(17,18)12-3-2-9(14)6-10(12)13/h2-3,6,8,11,15-16H,4-5,7H2,1H3. The van der Waals surface area contributed by atoms with Gasteiger partial charge in [0, 0.05) is 15.5 Å². The lowest BCUT2D eigenvalue weighted by atomic mass is 9.97. The van der Waals surface area contributed by atoms with Crippen molar-refractivity contribution in [2.75, 3.05) is 13.1 Å². The van der Waals surface area contributed by atoms with Crippen LogP contribution in [0.4, 0.5) is 0 Å². The second kappa shape index (κ2) is 6.10. The number of hydrogen-bond acceptors (Lipinski definition) is 3. The number of rotatable bonds is 3.